The van der Waals surface area contributed by atoms with Crippen LogP contribution in [0.3, 0.4) is 0 Å². The van der Waals surface area contributed by atoms with E-state index in [0.29, 0.717) is 27.5 Å². The molecule has 3 rings (SSSR count). The first-order valence-electron chi connectivity index (χ1n) is 7.37. The summed E-state index contributed by atoms with van der Waals surface area (Å²) in [4.78, 5) is 4.23. The second-order valence-corrected chi connectivity index (χ2v) is 5.84. The number of aromatic nitrogens is 1. The molecule has 0 spiro atoms. The lowest BCUT2D eigenvalue weighted by molar-refractivity contribution is -0.137. The Morgan fingerprint density at radius 2 is 1.92 bits per heavy atom. The number of hydrogen-bond acceptors (Lipinski definition) is 3. The van der Waals surface area contributed by atoms with Crippen LogP contribution in [-0.4, -0.2) is 10.7 Å². The molecule has 0 radical (unpaired) electrons. The van der Waals surface area contributed by atoms with Crippen LogP contribution in [0.2, 0.25) is 5.02 Å². The van der Waals surface area contributed by atoms with Crippen LogP contribution in [0.15, 0.2) is 59.8 Å². The maximum Gasteiger partial charge on any atom is 0.416 e. The third-order valence-electron chi connectivity index (χ3n) is 3.66. The molecule has 0 saturated carbocycles. The van der Waals surface area contributed by atoms with Crippen LogP contribution < -0.4 is 5.43 Å². The van der Waals surface area contributed by atoms with E-state index in [0.717, 1.165) is 17.5 Å². The van der Waals surface area contributed by atoms with Gasteiger partial charge in [0.2, 0.25) is 0 Å². The smallest absolute Gasteiger partial charge is 0.277 e. The molecule has 25 heavy (non-hydrogen) atoms. The van der Waals surface area contributed by atoms with Gasteiger partial charge in [-0.05, 0) is 48.9 Å². The molecular weight excluding hydrogens is 351 g/mol. The van der Waals surface area contributed by atoms with Crippen LogP contribution >= 0.6 is 11.6 Å². The highest BCUT2D eigenvalue weighted by atomic mass is 35.5. The molecule has 128 valence electrons. The third-order valence-corrected chi connectivity index (χ3v) is 3.89. The summed E-state index contributed by atoms with van der Waals surface area (Å²) in [7, 11) is 0. The Bertz CT molecular complexity index is 952. The predicted octanol–water partition coefficient (Wildman–Crippen LogP) is 5.74. The lowest BCUT2D eigenvalue weighted by atomic mass is 10.1. The normalized spacial score (nSPS) is 12.4. The van der Waals surface area contributed by atoms with E-state index in [4.69, 9.17) is 11.6 Å². The Morgan fingerprint density at radius 1 is 1.12 bits per heavy atom. The average molecular weight is 364 g/mol. The van der Waals surface area contributed by atoms with Crippen molar-refractivity contribution in [1.82, 2.24) is 4.98 Å². The van der Waals surface area contributed by atoms with Gasteiger partial charge >= 0.3 is 6.18 Å². The monoisotopic (exact) mass is 363 g/mol. The van der Waals surface area contributed by atoms with E-state index in [2.05, 4.69) is 15.5 Å². The van der Waals surface area contributed by atoms with Gasteiger partial charge in [0.15, 0.2) is 0 Å². The fourth-order valence-corrected chi connectivity index (χ4v) is 2.51. The fourth-order valence-electron chi connectivity index (χ4n) is 2.35. The molecule has 0 aliphatic rings. The summed E-state index contributed by atoms with van der Waals surface area (Å²) in [6, 6.07) is 12.1. The van der Waals surface area contributed by atoms with E-state index in [1.807, 2.05) is 6.07 Å². The van der Waals surface area contributed by atoms with Crippen molar-refractivity contribution >= 4 is 33.9 Å². The molecule has 3 aromatic rings. The van der Waals surface area contributed by atoms with Crippen molar-refractivity contribution in [3.63, 3.8) is 0 Å². The molecule has 0 fully saturated rings. The third kappa shape index (κ3) is 3.91. The van der Waals surface area contributed by atoms with Crippen molar-refractivity contribution in [3.8, 4) is 0 Å². The Hall–Kier alpha value is -2.60. The summed E-state index contributed by atoms with van der Waals surface area (Å²) in [6.45, 7) is 1.64. The van der Waals surface area contributed by atoms with Gasteiger partial charge in [0, 0.05) is 16.6 Å². The molecule has 0 saturated heterocycles. The van der Waals surface area contributed by atoms with Gasteiger partial charge in [0.1, 0.15) is 0 Å². The van der Waals surface area contributed by atoms with Crippen LogP contribution in [0.1, 0.15) is 18.1 Å². The number of nitrogens with one attached hydrogen (secondary N) is 1. The van der Waals surface area contributed by atoms with Crippen molar-refractivity contribution in [2.75, 3.05) is 5.43 Å². The molecule has 0 unspecified atom stereocenters. The van der Waals surface area contributed by atoms with E-state index < -0.39 is 11.7 Å². The second kappa shape index (κ2) is 6.72. The molecule has 1 N–H and O–H groups in total. The van der Waals surface area contributed by atoms with Crippen molar-refractivity contribution in [2.24, 2.45) is 5.10 Å². The first kappa shape index (κ1) is 17.2. The second-order valence-electron chi connectivity index (χ2n) is 5.41. The molecular formula is C18H13ClF3N3. The molecule has 0 aliphatic heterocycles. The summed E-state index contributed by atoms with van der Waals surface area (Å²) >= 11 is 5.95. The number of hydrogen-bond donors (Lipinski definition) is 1. The van der Waals surface area contributed by atoms with Gasteiger partial charge in [-0.25, -0.2) is 0 Å². The Labute approximate surface area is 147 Å². The zero-order valence-corrected chi connectivity index (χ0v) is 13.9. The average Bonchev–Trinajstić information content (AvgIpc) is 2.58. The van der Waals surface area contributed by atoms with E-state index >= 15 is 0 Å². The lowest BCUT2D eigenvalue weighted by Gasteiger charge is -2.09. The minimum absolute atomic E-state index is 0.392. The maximum atomic E-state index is 12.8. The number of nitrogens with zero attached hydrogens (tertiary/aromatic N) is 2. The summed E-state index contributed by atoms with van der Waals surface area (Å²) in [5, 5.41) is 5.58. The van der Waals surface area contributed by atoms with Crippen LogP contribution in [0, 0.1) is 0 Å². The molecule has 1 aromatic heterocycles. The van der Waals surface area contributed by atoms with E-state index in [-0.39, 0.29) is 0 Å². The largest absolute Gasteiger partial charge is 0.416 e. The van der Waals surface area contributed by atoms with Gasteiger partial charge in [0.05, 0.1) is 22.5 Å². The fraction of sp³-hybridized carbons (Fsp3) is 0.111. The molecule has 3 nitrogen and oxygen atoms in total. The molecule has 0 aliphatic carbocycles. The van der Waals surface area contributed by atoms with Crippen LogP contribution in [-0.2, 0) is 6.18 Å². The first-order valence-corrected chi connectivity index (χ1v) is 7.74. The zero-order chi connectivity index (χ0) is 18.0. The van der Waals surface area contributed by atoms with E-state index in [1.165, 1.54) is 6.07 Å². The topological polar surface area (TPSA) is 37.3 Å². The number of halogens is 4. The molecule has 7 heteroatoms. The number of anilines is 1. The van der Waals surface area contributed by atoms with Crippen molar-refractivity contribution < 1.29 is 13.2 Å². The van der Waals surface area contributed by atoms with E-state index in [1.54, 1.807) is 37.4 Å². The maximum absolute atomic E-state index is 12.8. The molecule has 0 atom stereocenters. The number of fused-ring (bicyclic) bond motifs is 1. The minimum atomic E-state index is -4.38. The quantitative estimate of drug-likeness (QED) is 0.475. The zero-order valence-electron chi connectivity index (χ0n) is 13.1. The summed E-state index contributed by atoms with van der Waals surface area (Å²) in [5.74, 6) is 0. The van der Waals surface area contributed by atoms with Crippen molar-refractivity contribution in [2.45, 2.75) is 13.1 Å². The summed E-state index contributed by atoms with van der Waals surface area (Å²) < 4.78 is 38.4. The number of rotatable bonds is 3. The number of hydrazone groups is 1. The Morgan fingerprint density at radius 3 is 2.68 bits per heavy atom. The first-order chi connectivity index (χ1) is 11.8. The van der Waals surface area contributed by atoms with Crippen LogP contribution in [0.5, 0.6) is 0 Å². The summed E-state index contributed by atoms with van der Waals surface area (Å²) in [5.41, 5.74) is 4.40. The molecule has 0 amide bonds. The number of pyridine rings is 1. The highest BCUT2D eigenvalue weighted by Gasteiger charge is 2.30. The van der Waals surface area contributed by atoms with Crippen LogP contribution in [0.4, 0.5) is 18.9 Å². The highest BCUT2D eigenvalue weighted by molar-refractivity contribution is 6.31. The molecule has 1 heterocycles. The summed E-state index contributed by atoms with van der Waals surface area (Å²) in [6.07, 6.45) is -2.78. The predicted molar refractivity (Wildman–Crippen MR) is 94.0 cm³/mol. The lowest BCUT2D eigenvalue weighted by Crippen LogP contribution is -2.07. The number of alkyl halides is 3. The van der Waals surface area contributed by atoms with Crippen molar-refractivity contribution in [1.29, 1.82) is 0 Å². The minimum Gasteiger partial charge on any atom is -0.277 e. The van der Waals surface area contributed by atoms with Gasteiger partial charge < -0.3 is 0 Å². The SMILES string of the molecule is C/C(=N/Nc1ccnc2cc(Cl)ccc12)c1cccc(C(F)(F)F)c1. The van der Waals surface area contributed by atoms with Gasteiger partial charge in [0.25, 0.3) is 0 Å². The standard InChI is InChI=1S/C18H13ClF3N3/c1-11(12-3-2-4-13(9-12)18(20,21)22)24-25-16-7-8-23-17-10-14(19)5-6-15(16)17/h2-10H,1H3,(H,23,25)/b24-11-. The van der Waals surface area contributed by atoms with Gasteiger partial charge in [-0.1, -0.05) is 23.7 Å². The Balaban J connectivity index is 1.90. The molecule has 0 bridgehead atoms. The van der Waals surface area contributed by atoms with E-state index in [9.17, 15) is 13.2 Å². The van der Waals surface area contributed by atoms with Crippen LogP contribution in [0.25, 0.3) is 10.9 Å². The number of benzene rings is 2. The van der Waals surface area contributed by atoms with Gasteiger partial charge in [-0.2, -0.15) is 18.3 Å². The van der Waals surface area contributed by atoms with Gasteiger partial charge in [-0.15, -0.1) is 0 Å². The molecule has 2 aromatic carbocycles. The Kier molecular flexibility index (Phi) is 4.63. The van der Waals surface area contributed by atoms with Gasteiger partial charge in [-0.3, -0.25) is 10.4 Å². The van der Waals surface area contributed by atoms with Crippen molar-refractivity contribution in [3.05, 3.63) is 70.9 Å². The highest BCUT2D eigenvalue weighted by Crippen LogP contribution is 2.30.